The lowest BCUT2D eigenvalue weighted by molar-refractivity contribution is -0.00102. The average molecular weight is 585 g/mol. The van der Waals surface area contributed by atoms with E-state index >= 15 is 0 Å². The minimum atomic E-state index is -1.23. The molecular weight excluding hydrogens is 548 g/mol. The van der Waals surface area contributed by atoms with Crippen molar-refractivity contribution in [3.63, 3.8) is 0 Å². The van der Waals surface area contributed by atoms with E-state index in [-0.39, 0.29) is 41.3 Å². The summed E-state index contributed by atoms with van der Waals surface area (Å²) in [6.07, 6.45) is -2.85. The zero-order chi connectivity index (χ0) is 30.0. The van der Waals surface area contributed by atoms with Crippen molar-refractivity contribution in [1.82, 2.24) is 0 Å². The number of aliphatic hydroxyl groups is 2. The highest BCUT2D eigenvalue weighted by atomic mass is 16.5. The van der Waals surface area contributed by atoms with Gasteiger partial charge in [0.05, 0.1) is 60.5 Å². The van der Waals surface area contributed by atoms with Gasteiger partial charge in [-0.3, -0.25) is 0 Å². The Hall–Kier alpha value is -3.90. The van der Waals surface area contributed by atoms with E-state index in [9.17, 15) is 20.4 Å². The highest BCUT2D eigenvalue weighted by Crippen LogP contribution is 2.52. The number of phenols is 2. The Morgan fingerprint density at radius 1 is 0.714 bits per heavy atom. The normalized spacial score (nSPS) is 22.7. The molecule has 2 aliphatic heterocycles. The highest BCUT2D eigenvalue weighted by molar-refractivity contribution is 5.53. The molecule has 0 aliphatic carbocycles. The molecule has 11 nitrogen and oxygen atoms in total. The van der Waals surface area contributed by atoms with E-state index in [0.717, 1.165) is 11.1 Å². The summed E-state index contributed by atoms with van der Waals surface area (Å²) in [5.41, 5.74) is 2.06. The van der Waals surface area contributed by atoms with Crippen LogP contribution < -0.4 is 23.7 Å². The number of benzene rings is 3. The first kappa shape index (κ1) is 29.6. The molecule has 0 aromatic heterocycles. The molecule has 0 amide bonds. The van der Waals surface area contributed by atoms with E-state index in [4.69, 9.17) is 33.2 Å². The van der Waals surface area contributed by atoms with E-state index in [2.05, 4.69) is 0 Å². The number of ether oxygens (including phenoxy) is 7. The zero-order valence-electron chi connectivity index (χ0n) is 23.9. The average Bonchev–Trinajstić information content (AvgIpc) is 3.62. The minimum absolute atomic E-state index is 0.0331. The van der Waals surface area contributed by atoms with Crippen molar-refractivity contribution in [2.75, 3.05) is 48.3 Å². The van der Waals surface area contributed by atoms with Gasteiger partial charge in [-0.05, 0) is 53.1 Å². The maximum atomic E-state index is 11.0. The van der Waals surface area contributed by atoms with Gasteiger partial charge in [0.1, 0.15) is 6.10 Å². The molecule has 6 unspecified atom stereocenters. The van der Waals surface area contributed by atoms with Gasteiger partial charge in [-0.15, -0.1) is 0 Å². The van der Waals surface area contributed by atoms with Crippen molar-refractivity contribution in [1.29, 1.82) is 0 Å². The first-order chi connectivity index (χ1) is 20.3. The Balaban J connectivity index is 1.37. The molecule has 2 fully saturated rings. The molecule has 5 rings (SSSR count). The fourth-order valence-electron chi connectivity index (χ4n) is 5.73. The molecule has 2 heterocycles. The third-order valence-electron chi connectivity index (χ3n) is 7.97. The van der Waals surface area contributed by atoms with Crippen molar-refractivity contribution < 1.29 is 53.6 Å². The van der Waals surface area contributed by atoms with E-state index in [1.54, 1.807) is 24.3 Å². The van der Waals surface area contributed by atoms with Gasteiger partial charge in [0.25, 0.3) is 0 Å². The van der Waals surface area contributed by atoms with E-state index in [1.165, 1.54) is 46.6 Å². The summed E-state index contributed by atoms with van der Waals surface area (Å²) in [5.74, 6) is 1.48. The van der Waals surface area contributed by atoms with Gasteiger partial charge in [-0.25, -0.2) is 0 Å². The molecule has 0 spiro atoms. The second kappa shape index (κ2) is 12.5. The van der Waals surface area contributed by atoms with Crippen molar-refractivity contribution in [2.45, 2.75) is 24.4 Å². The molecule has 2 aliphatic rings. The summed E-state index contributed by atoms with van der Waals surface area (Å²) in [5, 5.41) is 41.4. The van der Waals surface area contributed by atoms with Gasteiger partial charge >= 0.3 is 0 Å². The third-order valence-corrected chi connectivity index (χ3v) is 7.97. The summed E-state index contributed by atoms with van der Waals surface area (Å²) in [6.45, 7) is 0.417. The summed E-state index contributed by atoms with van der Waals surface area (Å²) >= 11 is 0. The molecule has 0 radical (unpaired) electrons. The number of hydrogen-bond donors (Lipinski definition) is 4. The quantitative estimate of drug-likeness (QED) is 0.262. The molecular formula is C31H36O11. The SMILES string of the molecule is COc1cc(C(O)C(CO)Oc2cc(C3OCC4C(c5cc(OC)c(O)c(OC)c5)OCC34)ccc2OC)ccc1O. The van der Waals surface area contributed by atoms with Gasteiger partial charge in [-0.2, -0.15) is 0 Å². The van der Waals surface area contributed by atoms with Crippen LogP contribution >= 0.6 is 0 Å². The second-order valence-electron chi connectivity index (χ2n) is 10.2. The molecule has 4 N–H and O–H groups in total. The number of rotatable bonds is 11. The van der Waals surface area contributed by atoms with Crippen molar-refractivity contribution in [3.8, 4) is 40.2 Å². The topological polar surface area (TPSA) is 146 Å². The number of phenolic OH excluding ortho intramolecular Hbond substituents is 2. The number of aromatic hydroxyl groups is 2. The van der Waals surface area contributed by atoms with Gasteiger partial charge in [0.15, 0.2) is 40.6 Å². The summed E-state index contributed by atoms with van der Waals surface area (Å²) in [7, 11) is 5.88. The standard InChI is InChI=1S/C31H36O11/c1-36-22-8-6-17(10-24(22)42-27(13-32)28(34)16-5-7-21(33)23(9-16)37-2)30-19-14-41-31(20(19)15-40-30)18-11-25(38-3)29(35)26(12-18)39-4/h5-12,19-20,27-28,30-35H,13-15H2,1-4H3. The maximum absolute atomic E-state index is 11.0. The van der Waals surface area contributed by atoms with Crippen molar-refractivity contribution in [2.24, 2.45) is 11.8 Å². The van der Waals surface area contributed by atoms with Crippen LogP contribution in [0.5, 0.6) is 40.2 Å². The lowest BCUT2D eigenvalue weighted by Crippen LogP contribution is -2.29. The van der Waals surface area contributed by atoms with Crippen LogP contribution in [0.3, 0.4) is 0 Å². The van der Waals surface area contributed by atoms with Gasteiger partial charge in [0, 0.05) is 11.8 Å². The monoisotopic (exact) mass is 584 g/mol. The predicted octanol–water partition coefficient (Wildman–Crippen LogP) is 3.68. The van der Waals surface area contributed by atoms with Crippen molar-refractivity contribution in [3.05, 3.63) is 65.2 Å². The van der Waals surface area contributed by atoms with Crippen LogP contribution in [-0.4, -0.2) is 74.8 Å². The van der Waals surface area contributed by atoms with Crippen LogP contribution in [0.15, 0.2) is 48.5 Å². The van der Waals surface area contributed by atoms with Gasteiger partial charge < -0.3 is 53.6 Å². The Bertz CT molecular complexity index is 1370. The third kappa shape index (κ3) is 5.48. The van der Waals surface area contributed by atoms with E-state index in [1.807, 2.05) is 6.07 Å². The minimum Gasteiger partial charge on any atom is -0.504 e. The van der Waals surface area contributed by atoms with Gasteiger partial charge in [-0.1, -0.05) is 12.1 Å². The molecule has 3 aromatic carbocycles. The van der Waals surface area contributed by atoms with Crippen LogP contribution in [0, 0.1) is 11.8 Å². The number of methoxy groups -OCH3 is 4. The fourth-order valence-corrected chi connectivity index (χ4v) is 5.73. The summed E-state index contributed by atoms with van der Waals surface area (Å²) in [6, 6.07) is 13.4. The summed E-state index contributed by atoms with van der Waals surface area (Å²) in [4.78, 5) is 0. The molecule has 3 aromatic rings. The Labute approximate surface area is 243 Å². The number of hydrogen-bond acceptors (Lipinski definition) is 11. The molecule has 42 heavy (non-hydrogen) atoms. The predicted molar refractivity (Wildman–Crippen MR) is 150 cm³/mol. The van der Waals surface area contributed by atoms with E-state index < -0.39 is 18.8 Å². The molecule has 11 heteroatoms. The lowest BCUT2D eigenvalue weighted by Gasteiger charge is -2.25. The molecule has 0 bridgehead atoms. The largest absolute Gasteiger partial charge is 0.504 e. The summed E-state index contributed by atoms with van der Waals surface area (Å²) < 4.78 is 39.9. The van der Waals surface area contributed by atoms with Gasteiger partial charge in [0.2, 0.25) is 5.75 Å². The number of aliphatic hydroxyl groups excluding tert-OH is 2. The molecule has 0 saturated carbocycles. The lowest BCUT2D eigenvalue weighted by atomic mass is 9.84. The van der Waals surface area contributed by atoms with Crippen LogP contribution in [0.1, 0.15) is 35.0 Å². The molecule has 226 valence electrons. The smallest absolute Gasteiger partial charge is 0.200 e. The first-order valence-corrected chi connectivity index (χ1v) is 13.5. The fraction of sp³-hybridized carbons (Fsp3) is 0.419. The van der Waals surface area contributed by atoms with Crippen LogP contribution in [0.4, 0.5) is 0 Å². The second-order valence-corrected chi connectivity index (χ2v) is 10.2. The van der Waals surface area contributed by atoms with Crippen molar-refractivity contribution >= 4 is 0 Å². The highest BCUT2D eigenvalue weighted by Gasteiger charge is 2.48. The number of fused-ring (bicyclic) bond motifs is 1. The molecule has 6 atom stereocenters. The molecule has 2 saturated heterocycles. The van der Waals surface area contributed by atoms with E-state index in [0.29, 0.717) is 41.8 Å². The first-order valence-electron chi connectivity index (χ1n) is 13.5. The Morgan fingerprint density at radius 3 is 1.86 bits per heavy atom. The van der Waals surface area contributed by atoms with Crippen LogP contribution in [0.2, 0.25) is 0 Å². The van der Waals surface area contributed by atoms with Crippen LogP contribution in [-0.2, 0) is 9.47 Å². The Morgan fingerprint density at radius 2 is 1.29 bits per heavy atom. The zero-order valence-corrected chi connectivity index (χ0v) is 23.9. The van der Waals surface area contributed by atoms with Crippen LogP contribution in [0.25, 0.3) is 0 Å². The Kier molecular flexibility index (Phi) is 8.83. The maximum Gasteiger partial charge on any atom is 0.200 e.